The summed E-state index contributed by atoms with van der Waals surface area (Å²) in [6.45, 7) is 12.3. The molecular weight excluding hydrogens is 521 g/mol. The Morgan fingerprint density at radius 3 is 2.61 bits per heavy atom. The minimum Gasteiger partial charge on any atom is -0.379 e. The number of nitrogens with one attached hydrogen (secondary N) is 2. The first kappa shape index (κ1) is 26.8. The molecule has 8 heteroatoms. The quantitative estimate of drug-likeness (QED) is 0.185. The monoisotopic (exact) mass is 563 g/mol. The SMILES string of the molecule is CCNC(=NCC(c1cccs1)N1CCOCC1)NCCCCCN1CCCCC1.I. The van der Waals surface area contributed by atoms with Crippen molar-refractivity contribution in [3.05, 3.63) is 22.4 Å². The zero-order valence-electron chi connectivity index (χ0n) is 19.2. The molecule has 1 atom stereocenters. The van der Waals surface area contributed by atoms with Crippen molar-refractivity contribution in [3.63, 3.8) is 0 Å². The number of hydrogen-bond acceptors (Lipinski definition) is 5. The largest absolute Gasteiger partial charge is 0.379 e. The molecule has 3 heterocycles. The number of aliphatic imine (C=N–C) groups is 1. The number of likely N-dealkylation sites (tertiary alicyclic amines) is 1. The van der Waals surface area contributed by atoms with Crippen LogP contribution in [0.1, 0.15) is 56.4 Å². The minimum absolute atomic E-state index is 0. The summed E-state index contributed by atoms with van der Waals surface area (Å²) in [6, 6.07) is 4.72. The molecule has 2 aliphatic rings. The van der Waals surface area contributed by atoms with Crippen molar-refractivity contribution < 1.29 is 4.74 Å². The van der Waals surface area contributed by atoms with Crippen LogP contribution < -0.4 is 10.6 Å². The highest BCUT2D eigenvalue weighted by atomic mass is 127. The fourth-order valence-corrected chi connectivity index (χ4v) is 5.15. The molecule has 2 fully saturated rings. The van der Waals surface area contributed by atoms with Gasteiger partial charge in [-0.3, -0.25) is 9.89 Å². The third-order valence-electron chi connectivity index (χ3n) is 6.02. The van der Waals surface area contributed by atoms with Crippen LogP contribution in [0.15, 0.2) is 22.5 Å². The van der Waals surface area contributed by atoms with Crippen molar-refractivity contribution in [2.24, 2.45) is 4.99 Å². The van der Waals surface area contributed by atoms with Crippen molar-refractivity contribution in [1.29, 1.82) is 0 Å². The van der Waals surface area contributed by atoms with Gasteiger partial charge in [-0.2, -0.15) is 0 Å². The van der Waals surface area contributed by atoms with Crippen LogP contribution >= 0.6 is 35.3 Å². The number of guanidine groups is 1. The first-order valence-corrected chi connectivity index (χ1v) is 12.8. The van der Waals surface area contributed by atoms with Gasteiger partial charge < -0.3 is 20.3 Å². The van der Waals surface area contributed by atoms with Crippen molar-refractivity contribution in [3.8, 4) is 0 Å². The van der Waals surface area contributed by atoms with Crippen LogP contribution in [0.2, 0.25) is 0 Å². The zero-order valence-corrected chi connectivity index (χ0v) is 22.3. The summed E-state index contributed by atoms with van der Waals surface area (Å²) in [5.74, 6) is 0.948. The maximum Gasteiger partial charge on any atom is 0.191 e. The lowest BCUT2D eigenvalue weighted by molar-refractivity contribution is 0.0186. The van der Waals surface area contributed by atoms with Crippen molar-refractivity contribution in [2.45, 2.75) is 51.5 Å². The first-order valence-electron chi connectivity index (χ1n) is 12.0. The fraction of sp³-hybridized carbons (Fsp3) is 0.783. The number of halogens is 1. The summed E-state index contributed by atoms with van der Waals surface area (Å²) in [4.78, 5) is 11.5. The van der Waals surface area contributed by atoms with E-state index in [4.69, 9.17) is 9.73 Å². The van der Waals surface area contributed by atoms with Crippen LogP contribution in [-0.2, 0) is 4.74 Å². The highest BCUT2D eigenvalue weighted by Crippen LogP contribution is 2.26. The summed E-state index contributed by atoms with van der Waals surface area (Å²) >= 11 is 1.83. The normalized spacial score (nSPS) is 19.6. The van der Waals surface area contributed by atoms with Gasteiger partial charge in [-0.1, -0.05) is 18.9 Å². The Kier molecular flexibility index (Phi) is 14.0. The molecule has 2 aliphatic heterocycles. The van der Waals surface area contributed by atoms with Crippen LogP contribution in [0.25, 0.3) is 0 Å². The summed E-state index contributed by atoms with van der Waals surface area (Å²) in [5.41, 5.74) is 0. The highest BCUT2D eigenvalue weighted by Gasteiger charge is 2.23. The van der Waals surface area contributed by atoms with Crippen molar-refractivity contribution in [1.82, 2.24) is 20.4 Å². The second-order valence-corrected chi connectivity index (χ2v) is 9.27. The number of rotatable bonds is 11. The molecule has 0 amide bonds. The molecule has 31 heavy (non-hydrogen) atoms. The Balaban J connectivity index is 0.00000341. The lowest BCUT2D eigenvalue weighted by atomic mass is 10.1. The lowest BCUT2D eigenvalue weighted by Crippen LogP contribution is -2.41. The Morgan fingerprint density at radius 2 is 1.90 bits per heavy atom. The number of hydrogen-bond donors (Lipinski definition) is 2. The van der Waals surface area contributed by atoms with E-state index in [0.29, 0.717) is 6.04 Å². The molecule has 1 unspecified atom stereocenters. The second-order valence-electron chi connectivity index (χ2n) is 8.29. The van der Waals surface area contributed by atoms with E-state index in [1.165, 1.54) is 63.0 Å². The smallest absolute Gasteiger partial charge is 0.191 e. The van der Waals surface area contributed by atoms with Gasteiger partial charge in [-0.05, 0) is 63.7 Å². The molecule has 1 aromatic heterocycles. The Morgan fingerprint density at radius 1 is 1.10 bits per heavy atom. The van der Waals surface area contributed by atoms with E-state index >= 15 is 0 Å². The molecule has 6 nitrogen and oxygen atoms in total. The average Bonchev–Trinajstić information content (AvgIpc) is 3.32. The standard InChI is InChI=1S/C23H41N5OS.HI/c1-2-24-23(25-11-5-3-6-12-27-13-7-4-8-14-27)26-20-21(22-10-9-19-30-22)28-15-17-29-18-16-28;/h9-10,19,21H,2-8,11-18,20H2,1H3,(H2,24,25,26);1H. The molecule has 0 saturated carbocycles. The summed E-state index contributed by atoms with van der Waals surface area (Å²) in [6.07, 6.45) is 8.01. The Hall–Kier alpha value is -0.420. The van der Waals surface area contributed by atoms with E-state index in [0.717, 1.165) is 51.9 Å². The molecule has 0 radical (unpaired) electrons. The number of thiophene rings is 1. The highest BCUT2D eigenvalue weighted by molar-refractivity contribution is 14.0. The first-order chi connectivity index (χ1) is 14.9. The van der Waals surface area contributed by atoms with Gasteiger partial charge in [0.1, 0.15) is 0 Å². The Labute approximate surface area is 210 Å². The maximum absolute atomic E-state index is 5.55. The van der Waals surface area contributed by atoms with Gasteiger partial charge in [0.25, 0.3) is 0 Å². The van der Waals surface area contributed by atoms with Gasteiger partial charge in [0.15, 0.2) is 5.96 Å². The molecule has 3 rings (SSSR count). The van der Waals surface area contributed by atoms with E-state index in [1.807, 2.05) is 11.3 Å². The number of nitrogens with zero attached hydrogens (tertiary/aromatic N) is 3. The van der Waals surface area contributed by atoms with E-state index in [9.17, 15) is 0 Å². The minimum atomic E-state index is 0. The van der Waals surface area contributed by atoms with Gasteiger partial charge in [-0.25, -0.2) is 0 Å². The van der Waals surface area contributed by atoms with Gasteiger partial charge in [-0.15, -0.1) is 35.3 Å². The van der Waals surface area contributed by atoms with Gasteiger partial charge in [0.2, 0.25) is 0 Å². The molecule has 2 N–H and O–H groups in total. The van der Waals surface area contributed by atoms with Crippen LogP contribution in [-0.4, -0.2) is 81.3 Å². The van der Waals surface area contributed by atoms with Crippen molar-refractivity contribution >= 4 is 41.3 Å². The summed E-state index contributed by atoms with van der Waals surface area (Å²) < 4.78 is 5.55. The van der Waals surface area contributed by atoms with E-state index in [1.54, 1.807) is 0 Å². The third-order valence-corrected chi connectivity index (χ3v) is 6.99. The summed E-state index contributed by atoms with van der Waals surface area (Å²) in [5, 5.41) is 9.13. The molecule has 1 aromatic rings. The lowest BCUT2D eigenvalue weighted by Gasteiger charge is -2.33. The van der Waals surface area contributed by atoms with Gasteiger partial charge in [0, 0.05) is 31.1 Å². The number of morpholine rings is 1. The van der Waals surface area contributed by atoms with E-state index in [-0.39, 0.29) is 24.0 Å². The molecule has 0 bridgehead atoms. The molecule has 0 aromatic carbocycles. The molecule has 0 aliphatic carbocycles. The van der Waals surface area contributed by atoms with Crippen LogP contribution in [0.4, 0.5) is 0 Å². The second kappa shape index (κ2) is 16.2. The van der Waals surface area contributed by atoms with Crippen LogP contribution in [0, 0.1) is 0 Å². The van der Waals surface area contributed by atoms with Gasteiger partial charge in [0.05, 0.1) is 25.8 Å². The predicted molar refractivity (Wildman–Crippen MR) is 143 cm³/mol. The number of piperidine rings is 1. The van der Waals surface area contributed by atoms with Crippen molar-refractivity contribution in [2.75, 3.05) is 65.6 Å². The van der Waals surface area contributed by atoms with Crippen LogP contribution in [0.5, 0.6) is 0 Å². The predicted octanol–water partition coefficient (Wildman–Crippen LogP) is 3.95. The van der Waals surface area contributed by atoms with E-state index in [2.05, 4.69) is 44.9 Å². The average molecular weight is 564 g/mol. The Bertz CT molecular complexity index is 589. The topological polar surface area (TPSA) is 52.1 Å². The fourth-order valence-electron chi connectivity index (χ4n) is 4.30. The zero-order chi connectivity index (χ0) is 20.9. The molecule has 178 valence electrons. The molecule has 0 spiro atoms. The van der Waals surface area contributed by atoms with Crippen LogP contribution in [0.3, 0.4) is 0 Å². The van der Waals surface area contributed by atoms with Gasteiger partial charge >= 0.3 is 0 Å². The molecular formula is C23H42IN5OS. The maximum atomic E-state index is 5.55. The third kappa shape index (κ3) is 9.94. The van der Waals surface area contributed by atoms with E-state index < -0.39 is 0 Å². The molecule has 2 saturated heterocycles. The summed E-state index contributed by atoms with van der Waals surface area (Å²) in [7, 11) is 0. The number of ether oxygens (including phenoxy) is 1. The number of unbranched alkanes of at least 4 members (excludes halogenated alkanes) is 2.